The molecule has 19 heavy (non-hydrogen) atoms. The number of rotatable bonds is 5. The van der Waals surface area contributed by atoms with Gasteiger partial charge in [-0.05, 0) is 45.9 Å². The molecule has 0 fully saturated rings. The van der Waals surface area contributed by atoms with Crippen LogP contribution in [0.25, 0.3) is 0 Å². The Hall–Kier alpha value is -1.62. The van der Waals surface area contributed by atoms with Crippen LogP contribution in [0.4, 0.5) is 4.39 Å². The Morgan fingerprint density at radius 1 is 1.32 bits per heavy atom. The number of hydrogen-bond acceptors (Lipinski definition) is 3. The first-order valence-electron chi connectivity index (χ1n) is 6.33. The maximum absolute atomic E-state index is 13.2. The van der Waals surface area contributed by atoms with Crippen molar-refractivity contribution in [1.29, 1.82) is 0 Å². The van der Waals surface area contributed by atoms with Crippen LogP contribution in [0, 0.1) is 5.82 Å². The summed E-state index contributed by atoms with van der Waals surface area (Å²) < 4.78 is 18.8. The van der Waals surface area contributed by atoms with E-state index in [2.05, 4.69) is 5.32 Å². The Labute approximate surface area is 113 Å². The van der Waals surface area contributed by atoms with Crippen molar-refractivity contribution in [3.63, 3.8) is 0 Å². The molecule has 1 aromatic carbocycles. The van der Waals surface area contributed by atoms with Crippen LogP contribution in [0.15, 0.2) is 18.2 Å². The Bertz CT molecular complexity index is 447. The Balaban J connectivity index is 2.84. The van der Waals surface area contributed by atoms with Gasteiger partial charge in [-0.25, -0.2) is 4.39 Å². The van der Waals surface area contributed by atoms with Crippen LogP contribution < -0.4 is 15.8 Å². The van der Waals surface area contributed by atoms with E-state index in [4.69, 9.17) is 10.5 Å². The molecule has 0 aliphatic rings. The van der Waals surface area contributed by atoms with E-state index in [1.165, 1.54) is 18.2 Å². The highest BCUT2D eigenvalue weighted by Crippen LogP contribution is 2.25. The third-order valence-electron chi connectivity index (χ3n) is 2.57. The van der Waals surface area contributed by atoms with Crippen molar-refractivity contribution in [3.8, 4) is 5.75 Å². The van der Waals surface area contributed by atoms with Crippen molar-refractivity contribution in [2.75, 3.05) is 0 Å². The molecule has 0 aliphatic heterocycles. The van der Waals surface area contributed by atoms with Gasteiger partial charge in [-0.3, -0.25) is 4.79 Å². The van der Waals surface area contributed by atoms with Crippen LogP contribution in [0.3, 0.4) is 0 Å². The van der Waals surface area contributed by atoms with Gasteiger partial charge in [0.15, 0.2) is 6.10 Å². The van der Waals surface area contributed by atoms with Crippen molar-refractivity contribution in [2.45, 2.75) is 45.9 Å². The first-order valence-corrected chi connectivity index (χ1v) is 6.33. The lowest BCUT2D eigenvalue weighted by Gasteiger charge is -2.19. The largest absolute Gasteiger partial charge is 0.481 e. The molecule has 0 heterocycles. The molecular weight excluding hydrogens is 247 g/mol. The summed E-state index contributed by atoms with van der Waals surface area (Å²) in [6.45, 7) is 7.12. The molecule has 0 aliphatic carbocycles. The van der Waals surface area contributed by atoms with Gasteiger partial charge in [0.05, 0.1) is 0 Å². The summed E-state index contributed by atoms with van der Waals surface area (Å²) in [5.41, 5.74) is 6.31. The highest BCUT2D eigenvalue weighted by molar-refractivity contribution is 5.80. The van der Waals surface area contributed by atoms with Gasteiger partial charge < -0.3 is 15.8 Å². The first-order chi connectivity index (χ1) is 8.81. The summed E-state index contributed by atoms with van der Waals surface area (Å²) in [7, 11) is 0. The van der Waals surface area contributed by atoms with Crippen molar-refractivity contribution >= 4 is 5.91 Å². The number of ether oxygens (including phenoxy) is 1. The Morgan fingerprint density at radius 3 is 2.47 bits per heavy atom. The molecule has 1 unspecified atom stereocenters. The van der Waals surface area contributed by atoms with Gasteiger partial charge in [-0.1, -0.05) is 0 Å². The third kappa shape index (κ3) is 4.52. The number of nitrogens with one attached hydrogen (secondary N) is 1. The van der Waals surface area contributed by atoms with Gasteiger partial charge >= 0.3 is 0 Å². The van der Waals surface area contributed by atoms with Gasteiger partial charge in [0, 0.05) is 17.6 Å². The summed E-state index contributed by atoms with van der Waals surface area (Å²) in [4.78, 5) is 11.8. The smallest absolute Gasteiger partial charge is 0.260 e. The summed E-state index contributed by atoms with van der Waals surface area (Å²) in [6.07, 6.45) is -0.662. The highest BCUT2D eigenvalue weighted by atomic mass is 19.1. The fraction of sp³-hybridized carbons (Fsp3) is 0.500. The molecule has 0 aromatic heterocycles. The summed E-state index contributed by atoms with van der Waals surface area (Å²) in [6, 6.07) is 3.78. The molecule has 0 spiro atoms. The zero-order valence-corrected chi connectivity index (χ0v) is 11.7. The fourth-order valence-corrected chi connectivity index (χ4v) is 1.63. The van der Waals surface area contributed by atoms with Gasteiger partial charge in [0.25, 0.3) is 5.91 Å². The Kier molecular flexibility index (Phi) is 5.30. The average Bonchev–Trinajstić information content (AvgIpc) is 2.30. The van der Waals surface area contributed by atoms with Gasteiger partial charge in [-0.2, -0.15) is 0 Å². The molecule has 1 amide bonds. The second-order valence-electron chi connectivity index (χ2n) is 4.89. The Morgan fingerprint density at radius 2 is 1.95 bits per heavy atom. The minimum absolute atomic E-state index is 0.0414. The van der Waals surface area contributed by atoms with Crippen molar-refractivity contribution in [3.05, 3.63) is 29.6 Å². The van der Waals surface area contributed by atoms with Crippen LogP contribution in [0.2, 0.25) is 0 Å². The monoisotopic (exact) mass is 268 g/mol. The lowest BCUT2D eigenvalue weighted by atomic mass is 10.1. The topological polar surface area (TPSA) is 64.3 Å². The quantitative estimate of drug-likeness (QED) is 0.860. The van der Waals surface area contributed by atoms with E-state index in [9.17, 15) is 9.18 Å². The fourth-order valence-electron chi connectivity index (χ4n) is 1.63. The second kappa shape index (κ2) is 6.52. The van der Waals surface area contributed by atoms with Gasteiger partial charge in [0.1, 0.15) is 11.6 Å². The SMILES string of the molecule is CC(C)NC(=O)C(C)Oc1ccc(F)cc1[C@@H](C)N. The maximum Gasteiger partial charge on any atom is 0.260 e. The number of hydrogen-bond donors (Lipinski definition) is 2. The van der Waals surface area contributed by atoms with E-state index >= 15 is 0 Å². The molecule has 0 saturated carbocycles. The zero-order valence-electron chi connectivity index (χ0n) is 11.7. The number of carbonyl (C=O) groups excluding carboxylic acids is 1. The molecule has 2 atom stereocenters. The first kappa shape index (κ1) is 15.4. The predicted molar refractivity (Wildman–Crippen MR) is 72.4 cm³/mol. The molecule has 0 bridgehead atoms. The summed E-state index contributed by atoms with van der Waals surface area (Å²) >= 11 is 0. The average molecular weight is 268 g/mol. The van der Waals surface area contributed by atoms with Crippen molar-refractivity contribution in [2.24, 2.45) is 5.73 Å². The molecule has 1 rings (SSSR count). The van der Waals surface area contributed by atoms with Crippen molar-refractivity contribution < 1.29 is 13.9 Å². The van der Waals surface area contributed by atoms with Crippen LogP contribution in [0.5, 0.6) is 5.75 Å². The normalized spacial score (nSPS) is 14.1. The van der Waals surface area contributed by atoms with E-state index in [1.54, 1.807) is 13.8 Å². The third-order valence-corrected chi connectivity index (χ3v) is 2.57. The molecule has 5 heteroatoms. The van der Waals surface area contributed by atoms with Crippen LogP contribution >= 0.6 is 0 Å². The van der Waals surface area contributed by atoms with Gasteiger partial charge in [0.2, 0.25) is 0 Å². The second-order valence-corrected chi connectivity index (χ2v) is 4.89. The minimum Gasteiger partial charge on any atom is -0.481 e. The van der Waals surface area contributed by atoms with Gasteiger partial charge in [-0.15, -0.1) is 0 Å². The molecule has 106 valence electrons. The number of carbonyl (C=O) groups is 1. The standard InChI is InChI=1S/C14H21FN2O2/c1-8(2)17-14(18)10(4)19-13-6-5-11(15)7-12(13)9(3)16/h5-10H,16H2,1-4H3,(H,17,18)/t9-,10?/m1/s1. The minimum atomic E-state index is -0.662. The van der Waals surface area contributed by atoms with Crippen LogP contribution in [-0.4, -0.2) is 18.1 Å². The molecule has 0 radical (unpaired) electrons. The van der Waals surface area contributed by atoms with E-state index in [0.29, 0.717) is 11.3 Å². The van der Waals surface area contributed by atoms with Crippen LogP contribution in [-0.2, 0) is 4.79 Å². The molecule has 3 N–H and O–H groups in total. The number of nitrogens with two attached hydrogens (primary N) is 1. The highest BCUT2D eigenvalue weighted by Gasteiger charge is 2.18. The molecule has 0 saturated heterocycles. The van der Waals surface area contributed by atoms with Crippen LogP contribution in [0.1, 0.15) is 39.3 Å². The maximum atomic E-state index is 13.2. The molecular formula is C14H21FN2O2. The number of benzene rings is 1. The summed E-state index contributed by atoms with van der Waals surface area (Å²) in [5, 5.41) is 2.75. The number of halogens is 1. The molecule has 1 aromatic rings. The zero-order chi connectivity index (χ0) is 14.6. The number of amides is 1. The summed E-state index contributed by atoms with van der Waals surface area (Å²) in [5.74, 6) is -0.156. The lowest BCUT2D eigenvalue weighted by molar-refractivity contribution is -0.127. The molecule has 4 nitrogen and oxygen atoms in total. The van der Waals surface area contributed by atoms with E-state index < -0.39 is 6.10 Å². The van der Waals surface area contributed by atoms with E-state index in [-0.39, 0.29) is 23.8 Å². The lowest BCUT2D eigenvalue weighted by Crippen LogP contribution is -2.40. The van der Waals surface area contributed by atoms with E-state index in [1.807, 2.05) is 13.8 Å². The van der Waals surface area contributed by atoms with Crippen molar-refractivity contribution in [1.82, 2.24) is 5.32 Å². The predicted octanol–water partition coefficient (Wildman–Crippen LogP) is 2.14. The van der Waals surface area contributed by atoms with E-state index in [0.717, 1.165) is 0 Å².